The topological polar surface area (TPSA) is 28.2 Å². The third-order valence-corrected chi connectivity index (χ3v) is 5.24. The maximum atomic E-state index is 4.65. The molecule has 108 valence electrons. The minimum atomic E-state index is 0.422. The molecule has 1 aliphatic heterocycles. The number of aromatic nitrogens is 1. The molecule has 0 spiro atoms. The molecule has 1 saturated heterocycles. The van der Waals surface area contributed by atoms with Crippen molar-refractivity contribution < 1.29 is 0 Å². The third-order valence-electron chi connectivity index (χ3n) is 4.02. The number of hydrogen-bond donors (Lipinski definition) is 1. The van der Waals surface area contributed by atoms with Gasteiger partial charge in [0.2, 0.25) is 0 Å². The summed E-state index contributed by atoms with van der Waals surface area (Å²) >= 11 is 1.86. The monoisotopic (exact) mass is 281 g/mol. The van der Waals surface area contributed by atoms with Crippen molar-refractivity contribution in [3.05, 3.63) is 11.1 Å². The van der Waals surface area contributed by atoms with Crippen LogP contribution in [0.15, 0.2) is 6.20 Å². The van der Waals surface area contributed by atoms with Gasteiger partial charge < -0.3 is 10.2 Å². The van der Waals surface area contributed by atoms with Crippen LogP contribution in [0.25, 0.3) is 0 Å². The summed E-state index contributed by atoms with van der Waals surface area (Å²) in [7, 11) is 0. The van der Waals surface area contributed by atoms with Crippen molar-refractivity contribution in [3.8, 4) is 0 Å². The highest BCUT2D eigenvalue weighted by Crippen LogP contribution is 2.32. The Bertz CT molecular complexity index is 390. The molecule has 0 bridgehead atoms. The van der Waals surface area contributed by atoms with Gasteiger partial charge in [-0.25, -0.2) is 4.98 Å². The second-order valence-electron chi connectivity index (χ2n) is 5.89. The molecule has 1 N–H and O–H groups in total. The highest BCUT2D eigenvalue weighted by Gasteiger charge is 2.25. The standard InChI is InChI=1S/C15H27N3S/c1-5-7-16-13(4)14-10-17-15(19-14)18-8-6-11(2)9-12(18)3/h10-13,16H,5-9H2,1-4H3. The van der Waals surface area contributed by atoms with E-state index in [1.807, 2.05) is 11.3 Å². The van der Waals surface area contributed by atoms with Gasteiger partial charge in [-0.2, -0.15) is 0 Å². The van der Waals surface area contributed by atoms with Crippen LogP contribution in [0.2, 0.25) is 0 Å². The Morgan fingerprint density at radius 3 is 3.00 bits per heavy atom. The van der Waals surface area contributed by atoms with Crippen LogP contribution in [-0.2, 0) is 0 Å². The van der Waals surface area contributed by atoms with Crippen molar-refractivity contribution in [1.82, 2.24) is 10.3 Å². The SMILES string of the molecule is CCCNC(C)c1cnc(N2CCC(C)CC2C)s1. The molecule has 3 atom stereocenters. The summed E-state index contributed by atoms with van der Waals surface area (Å²) in [6, 6.07) is 1.05. The van der Waals surface area contributed by atoms with Gasteiger partial charge >= 0.3 is 0 Å². The van der Waals surface area contributed by atoms with Crippen LogP contribution in [-0.4, -0.2) is 24.1 Å². The van der Waals surface area contributed by atoms with Gasteiger partial charge in [-0.3, -0.25) is 0 Å². The van der Waals surface area contributed by atoms with E-state index in [-0.39, 0.29) is 0 Å². The molecule has 2 rings (SSSR count). The van der Waals surface area contributed by atoms with Gasteiger partial charge in [0, 0.05) is 29.7 Å². The number of nitrogens with one attached hydrogen (secondary N) is 1. The molecule has 0 aromatic carbocycles. The van der Waals surface area contributed by atoms with E-state index in [4.69, 9.17) is 0 Å². The van der Waals surface area contributed by atoms with Gasteiger partial charge in [0.05, 0.1) is 0 Å². The van der Waals surface area contributed by atoms with Gasteiger partial charge in [0.15, 0.2) is 5.13 Å². The number of piperidine rings is 1. The van der Waals surface area contributed by atoms with Crippen LogP contribution in [0, 0.1) is 5.92 Å². The molecule has 19 heavy (non-hydrogen) atoms. The van der Waals surface area contributed by atoms with E-state index in [9.17, 15) is 0 Å². The quantitative estimate of drug-likeness (QED) is 0.889. The Labute approximate surface area is 121 Å². The average molecular weight is 281 g/mol. The zero-order chi connectivity index (χ0) is 13.8. The Hall–Kier alpha value is -0.610. The lowest BCUT2D eigenvalue weighted by Crippen LogP contribution is -2.40. The summed E-state index contributed by atoms with van der Waals surface area (Å²) in [6.45, 7) is 11.4. The highest BCUT2D eigenvalue weighted by molar-refractivity contribution is 7.15. The smallest absolute Gasteiger partial charge is 0.185 e. The third kappa shape index (κ3) is 3.69. The summed E-state index contributed by atoms with van der Waals surface area (Å²) in [5.74, 6) is 0.857. The molecule has 0 amide bonds. The maximum absolute atomic E-state index is 4.65. The highest BCUT2D eigenvalue weighted by atomic mass is 32.1. The summed E-state index contributed by atoms with van der Waals surface area (Å²) in [4.78, 5) is 8.49. The number of anilines is 1. The molecule has 3 unspecified atom stereocenters. The number of rotatable bonds is 5. The predicted molar refractivity (Wildman–Crippen MR) is 84.0 cm³/mol. The van der Waals surface area contributed by atoms with E-state index in [1.54, 1.807) is 0 Å². The molecule has 2 heterocycles. The first-order valence-electron chi connectivity index (χ1n) is 7.57. The summed E-state index contributed by atoms with van der Waals surface area (Å²) in [5, 5.41) is 4.74. The zero-order valence-electron chi connectivity index (χ0n) is 12.6. The van der Waals surface area contributed by atoms with E-state index in [1.165, 1.54) is 29.3 Å². The minimum absolute atomic E-state index is 0.422. The first kappa shape index (κ1) is 14.8. The van der Waals surface area contributed by atoms with E-state index < -0.39 is 0 Å². The van der Waals surface area contributed by atoms with E-state index in [0.717, 1.165) is 19.0 Å². The summed E-state index contributed by atoms with van der Waals surface area (Å²) in [6.07, 6.45) is 5.82. The van der Waals surface area contributed by atoms with Crippen molar-refractivity contribution in [2.75, 3.05) is 18.0 Å². The lowest BCUT2D eigenvalue weighted by Gasteiger charge is -2.36. The normalized spacial score (nSPS) is 25.6. The van der Waals surface area contributed by atoms with Crippen molar-refractivity contribution in [2.45, 2.75) is 59.0 Å². The lowest BCUT2D eigenvalue weighted by atomic mass is 9.94. The van der Waals surface area contributed by atoms with Crippen LogP contribution < -0.4 is 10.2 Å². The molecular weight excluding hydrogens is 254 g/mol. The molecule has 0 saturated carbocycles. The molecule has 0 radical (unpaired) electrons. The van der Waals surface area contributed by atoms with Crippen LogP contribution in [0.5, 0.6) is 0 Å². The molecule has 1 aromatic heterocycles. The van der Waals surface area contributed by atoms with E-state index in [0.29, 0.717) is 12.1 Å². The van der Waals surface area contributed by atoms with Crippen LogP contribution in [0.1, 0.15) is 57.9 Å². The van der Waals surface area contributed by atoms with Crippen LogP contribution in [0.4, 0.5) is 5.13 Å². The van der Waals surface area contributed by atoms with Gasteiger partial charge in [0.25, 0.3) is 0 Å². The average Bonchev–Trinajstić information content (AvgIpc) is 2.85. The second kappa shape index (κ2) is 6.71. The second-order valence-corrected chi connectivity index (χ2v) is 6.93. The molecule has 1 aliphatic rings. The fourth-order valence-corrected chi connectivity index (χ4v) is 3.83. The van der Waals surface area contributed by atoms with Crippen molar-refractivity contribution >= 4 is 16.5 Å². The van der Waals surface area contributed by atoms with Crippen molar-refractivity contribution in [3.63, 3.8) is 0 Å². The molecule has 4 heteroatoms. The van der Waals surface area contributed by atoms with Gasteiger partial charge in [0.1, 0.15) is 0 Å². The van der Waals surface area contributed by atoms with Crippen molar-refractivity contribution in [2.24, 2.45) is 5.92 Å². The van der Waals surface area contributed by atoms with E-state index in [2.05, 4.69) is 49.1 Å². The predicted octanol–water partition coefficient (Wildman–Crippen LogP) is 3.83. The van der Waals surface area contributed by atoms with Crippen LogP contribution >= 0.6 is 11.3 Å². The molecular formula is C15H27N3S. The maximum Gasteiger partial charge on any atom is 0.185 e. The largest absolute Gasteiger partial charge is 0.345 e. The van der Waals surface area contributed by atoms with Crippen LogP contribution in [0.3, 0.4) is 0 Å². The molecule has 1 aromatic rings. The number of hydrogen-bond acceptors (Lipinski definition) is 4. The summed E-state index contributed by atoms with van der Waals surface area (Å²) < 4.78 is 0. The summed E-state index contributed by atoms with van der Waals surface area (Å²) in [5.41, 5.74) is 0. The number of nitrogens with zero attached hydrogens (tertiary/aromatic N) is 2. The van der Waals surface area contributed by atoms with Gasteiger partial charge in [-0.1, -0.05) is 13.8 Å². The Morgan fingerprint density at radius 2 is 2.32 bits per heavy atom. The van der Waals surface area contributed by atoms with E-state index >= 15 is 0 Å². The van der Waals surface area contributed by atoms with Crippen molar-refractivity contribution in [1.29, 1.82) is 0 Å². The van der Waals surface area contributed by atoms with Gasteiger partial charge in [-0.05, 0) is 45.6 Å². The lowest BCUT2D eigenvalue weighted by molar-refractivity contribution is 0.377. The van der Waals surface area contributed by atoms with Gasteiger partial charge in [-0.15, -0.1) is 11.3 Å². The first-order valence-corrected chi connectivity index (χ1v) is 8.39. The number of thiazole rings is 1. The first-order chi connectivity index (χ1) is 9.11. The Morgan fingerprint density at radius 1 is 1.53 bits per heavy atom. The molecule has 0 aliphatic carbocycles. The fraction of sp³-hybridized carbons (Fsp3) is 0.800. The fourth-order valence-electron chi connectivity index (χ4n) is 2.76. The Balaban J connectivity index is 2.00. The Kier molecular flexibility index (Phi) is 5.22. The zero-order valence-corrected chi connectivity index (χ0v) is 13.5. The molecule has 1 fully saturated rings. The molecule has 3 nitrogen and oxygen atoms in total. The minimum Gasteiger partial charge on any atom is -0.345 e.